The summed E-state index contributed by atoms with van der Waals surface area (Å²) >= 11 is 0. The van der Waals surface area contributed by atoms with Crippen molar-refractivity contribution < 1.29 is 0 Å². The molecule has 0 aliphatic rings. The first-order valence-corrected chi connectivity index (χ1v) is 6.37. The highest BCUT2D eigenvalue weighted by Gasteiger charge is 2.33. The smallest absolute Gasteiger partial charge is 0.0295 e. The first kappa shape index (κ1) is 14.0. The van der Waals surface area contributed by atoms with Gasteiger partial charge in [-0.1, -0.05) is 61.3 Å². The van der Waals surface area contributed by atoms with Crippen LogP contribution in [0.5, 0.6) is 0 Å². The zero-order chi connectivity index (χ0) is 11.4. The van der Waals surface area contributed by atoms with E-state index >= 15 is 0 Å². The molecule has 0 aliphatic heterocycles. The van der Waals surface area contributed by atoms with E-state index in [-0.39, 0.29) is 0 Å². The van der Waals surface area contributed by atoms with Gasteiger partial charge in [-0.25, -0.2) is 0 Å². The van der Waals surface area contributed by atoms with Gasteiger partial charge in [0.05, 0.1) is 0 Å². The second-order valence-corrected chi connectivity index (χ2v) is 5.86. The molecule has 0 rings (SSSR count). The van der Waals surface area contributed by atoms with Gasteiger partial charge in [-0.05, 0) is 29.6 Å². The van der Waals surface area contributed by atoms with Gasteiger partial charge in [-0.15, -0.1) is 0 Å². The SMILES string of the molecule is CCC(C(C)C)C(C)(CC)CC(C)C. The molecule has 0 N–H and O–H groups in total. The Morgan fingerprint density at radius 2 is 1.50 bits per heavy atom. The van der Waals surface area contributed by atoms with Crippen LogP contribution >= 0.6 is 0 Å². The summed E-state index contributed by atoms with van der Waals surface area (Å²) in [6.07, 6.45) is 4.02. The Morgan fingerprint density at radius 3 is 1.71 bits per heavy atom. The van der Waals surface area contributed by atoms with Crippen LogP contribution in [0.15, 0.2) is 0 Å². The van der Waals surface area contributed by atoms with Gasteiger partial charge in [0.15, 0.2) is 0 Å². The lowest BCUT2D eigenvalue weighted by molar-refractivity contribution is 0.0950. The predicted octanol–water partition coefficient (Wildman–Crippen LogP) is 5.13. The third kappa shape index (κ3) is 3.63. The Hall–Kier alpha value is 0. The van der Waals surface area contributed by atoms with E-state index in [1.807, 2.05) is 0 Å². The van der Waals surface area contributed by atoms with Crippen molar-refractivity contribution in [1.29, 1.82) is 0 Å². The molecule has 0 heteroatoms. The van der Waals surface area contributed by atoms with Crippen molar-refractivity contribution in [2.45, 2.75) is 67.7 Å². The Kier molecular flexibility index (Phi) is 5.78. The summed E-state index contributed by atoms with van der Waals surface area (Å²) in [5.74, 6) is 2.53. The largest absolute Gasteiger partial charge is 0.0651 e. The summed E-state index contributed by atoms with van der Waals surface area (Å²) in [5, 5.41) is 0. The first-order chi connectivity index (χ1) is 6.37. The zero-order valence-electron chi connectivity index (χ0n) is 11.4. The number of rotatable bonds is 6. The minimum atomic E-state index is 0.553. The molecular weight excluding hydrogens is 168 g/mol. The molecule has 2 atom stereocenters. The molecule has 86 valence electrons. The fourth-order valence-electron chi connectivity index (χ4n) is 3.26. The van der Waals surface area contributed by atoms with Crippen LogP contribution < -0.4 is 0 Å². The van der Waals surface area contributed by atoms with Crippen LogP contribution in [0.3, 0.4) is 0 Å². The Labute approximate surface area is 91.5 Å². The van der Waals surface area contributed by atoms with Crippen LogP contribution in [0.4, 0.5) is 0 Å². The van der Waals surface area contributed by atoms with Gasteiger partial charge in [-0.2, -0.15) is 0 Å². The lowest BCUT2D eigenvalue weighted by Gasteiger charge is -2.40. The molecule has 14 heavy (non-hydrogen) atoms. The predicted molar refractivity (Wildman–Crippen MR) is 66.5 cm³/mol. The molecule has 0 aliphatic carbocycles. The normalized spacial score (nSPS) is 18.6. The van der Waals surface area contributed by atoms with Crippen LogP contribution in [-0.2, 0) is 0 Å². The third-order valence-electron chi connectivity index (χ3n) is 3.82. The lowest BCUT2D eigenvalue weighted by Crippen LogP contribution is -2.31. The van der Waals surface area contributed by atoms with Crippen molar-refractivity contribution in [3.63, 3.8) is 0 Å². The van der Waals surface area contributed by atoms with Gasteiger partial charge >= 0.3 is 0 Å². The summed E-state index contributed by atoms with van der Waals surface area (Å²) in [6, 6.07) is 0. The van der Waals surface area contributed by atoms with Gasteiger partial charge in [0.1, 0.15) is 0 Å². The van der Waals surface area contributed by atoms with E-state index in [2.05, 4.69) is 48.5 Å². The average molecular weight is 198 g/mol. The maximum absolute atomic E-state index is 2.49. The summed E-state index contributed by atoms with van der Waals surface area (Å²) in [7, 11) is 0. The monoisotopic (exact) mass is 198 g/mol. The molecule has 0 spiro atoms. The summed E-state index contributed by atoms with van der Waals surface area (Å²) in [5.41, 5.74) is 0.553. The van der Waals surface area contributed by atoms with Crippen molar-refractivity contribution in [3.05, 3.63) is 0 Å². The molecule has 0 fully saturated rings. The van der Waals surface area contributed by atoms with Crippen molar-refractivity contribution in [1.82, 2.24) is 0 Å². The van der Waals surface area contributed by atoms with E-state index in [1.54, 1.807) is 0 Å². The second-order valence-electron chi connectivity index (χ2n) is 5.86. The molecular formula is C14H30. The molecule has 0 bridgehead atoms. The Balaban J connectivity index is 4.61. The third-order valence-corrected chi connectivity index (χ3v) is 3.82. The molecule has 0 saturated carbocycles. The molecule has 0 nitrogen and oxygen atoms in total. The van der Waals surface area contributed by atoms with Gasteiger partial charge in [0.25, 0.3) is 0 Å². The molecule has 2 unspecified atom stereocenters. The molecule has 0 saturated heterocycles. The summed E-state index contributed by atoms with van der Waals surface area (Å²) < 4.78 is 0. The molecule has 0 amide bonds. The average Bonchev–Trinajstić information content (AvgIpc) is 2.03. The van der Waals surface area contributed by atoms with Crippen molar-refractivity contribution in [2.75, 3.05) is 0 Å². The maximum atomic E-state index is 2.49. The Morgan fingerprint density at radius 1 is 1.00 bits per heavy atom. The van der Waals surface area contributed by atoms with Crippen LogP contribution in [0.2, 0.25) is 0 Å². The van der Waals surface area contributed by atoms with Crippen molar-refractivity contribution in [3.8, 4) is 0 Å². The van der Waals surface area contributed by atoms with Crippen LogP contribution in [0, 0.1) is 23.2 Å². The van der Waals surface area contributed by atoms with Gasteiger partial charge in [-0.3, -0.25) is 0 Å². The number of hydrogen-bond acceptors (Lipinski definition) is 0. The van der Waals surface area contributed by atoms with Crippen LogP contribution in [-0.4, -0.2) is 0 Å². The summed E-state index contributed by atoms with van der Waals surface area (Å²) in [4.78, 5) is 0. The van der Waals surface area contributed by atoms with Crippen molar-refractivity contribution >= 4 is 0 Å². The molecule has 0 radical (unpaired) electrons. The van der Waals surface area contributed by atoms with E-state index in [9.17, 15) is 0 Å². The molecule has 0 aromatic carbocycles. The van der Waals surface area contributed by atoms with E-state index in [0.29, 0.717) is 5.41 Å². The fourth-order valence-corrected chi connectivity index (χ4v) is 3.26. The highest BCUT2D eigenvalue weighted by molar-refractivity contribution is 4.83. The highest BCUT2D eigenvalue weighted by atomic mass is 14.4. The first-order valence-electron chi connectivity index (χ1n) is 6.37. The Bertz CT molecular complexity index is 146. The minimum absolute atomic E-state index is 0.553. The van der Waals surface area contributed by atoms with E-state index in [0.717, 1.165) is 17.8 Å². The van der Waals surface area contributed by atoms with Crippen LogP contribution in [0.1, 0.15) is 67.7 Å². The lowest BCUT2D eigenvalue weighted by atomic mass is 9.65. The topological polar surface area (TPSA) is 0 Å². The maximum Gasteiger partial charge on any atom is -0.0295 e. The van der Waals surface area contributed by atoms with Crippen LogP contribution in [0.25, 0.3) is 0 Å². The van der Waals surface area contributed by atoms with Crippen molar-refractivity contribution in [2.24, 2.45) is 23.2 Å². The molecule has 0 aromatic heterocycles. The standard InChI is InChI=1S/C14H30/c1-8-13(12(5)6)14(7,9-2)10-11(3)4/h11-13H,8-10H2,1-7H3. The fraction of sp³-hybridized carbons (Fsp3) is 1.00. The van der Waals surface area contributed by atoms with E-state index < -0.39 is 0 Å². The zero-order valence-corrected chi connectivity index (χ0v) is 11.4. The quantitative estimate of drug-likeness (QED) is 0.555. The van der Waals surface area contributed by atoms with Gasteiger partial charge in [0, 0.05) is 0 Å². The van der Waals surface area contributed by atoms with E-state index in [1.165, 1.54) is 19.3 Å². The second kappa shape index (κ2) is 5.78. The summed E-state index contributed by atoms with van der Waals surface area (Å²) in [6.45, 7) is 16.6. The number of hydrogen-bond donors (Lipinski definition) is 0. The minimum Gasteiger partial charge on any atom is -0.0651 e. The van der Waals surface area contributed by atoms with Gasteiger partial charge in [0.2, 0.25) is 0 Å². The highest BCUT2D eigenvalue weighted by Crippen LogP contribution is 2.43. The molecule has 0 aromatic rings. The molecule has 0 heterocycles. The van der Waals surface area contributed by atoms with E-state index in [4.69, 9.17) is 0 Å². The van der Waals surface area contributed by atoms with Gasteiger partial charge < -0.3 is 0 Å².